The minimum Gasteiger partial charge on any atom is -0.462 e. The molecule has 0 aromatic heterocycles. The van der Waals surface area contributed by atoms with Crippen LogP contribution in [0, 0.1) is 5.92 Å². The largest absolute Gasteiger partial charge is 0.462 e. The SMILES string of the molecule is CCCCSC(=O)[C@H](CC(=O)OC1CCCCC1)NC(=O)[C@H](COCc1ccccc1)NC(=O)[C@@H](NC(C)=O)[C@@H](C)CC. The van der Waals surface area contributed by atoms with Crippen LogP contribution in [0.25, 0.3) is 0 Å². The van der Waals surface area contributed by atoms with Crippen LogP contribution in [0.15, 0.2) is 30.3 Å². The van der Waals surface area contributed by atoms with E-state index in [-0.39, 0.29) is 42.7 Å². The molecule has 0 heterocycles. The number of esters is 1. The molecule has 0 radical (unpaired) electrons. The molecule has 1 aromatic rings. The maximum absolute atomic E-state index is 13.6. The Morgan fingerprint density at radius 1 is 0.930 bits per heavy atom. The highest BCUT2D eigenvalue weighted by molar-refractivity contribution is 8.13. The van der Waals surface area contributed by atoms with Crippen LogP contribution in [-0.4, -0.2) is 65.4 Å². The molecule has 11 heteroatoms. The van der Waals surface area contributed by atoms with Crippen LogP contribution in [0.5, 0.6) is 0 Å². The third-order valence-corrected chi connectivity index (χ3v) is 8.51. The molecule has 2 rings (SSSR count). The number of nitrogens with one attached hydrogen (secondary N) is 3. The number of amides is 3. The number of unbranched alkanes of at least 4 members (excludes halogenated alkanes) is 1. The second kappa shape index (κ2) is 20.1. The van der Waals surface area contributed by atoms with Crippen molar-refractivity contribution in [2.45, 2.75) is 116 Å². The van der Waals surface area contributed by atoms with Crippen molar-refractivity contribution in [3.63, 3.8) is 0 Å². The van der Waals surface area contributed by atoms with Gasteiger partial charge in [-0.25, -0.2) is 0 Å². The Labute approximate surface area is 260 Å². The minimum atomic E-state index is -1.18. The van der Waals surface area contributed by atoms with Gasteiger partial charge in [0.05, 0.1) is 19.6 Å². The van der Waals surface area contributed by atoms with Crippen LogP contribution in [0.2, 0.25) is 0 Å². The van der Waals surface area contributed by atoms with Crippen molar-refractivity contribution in [2.75, 3.05) is 12.4 Å². The summed E-state index contributed by atoms with van der Waals surface area (Å²) in [5.41, 5.74) is 0.884. The van der Waals surface area contributed by atoms with E-state index < -0.39 is 35.9 Å². The highest BCUT2D eigenvalue weighted by Gasteiger charge is 2.33. The van der Waals surface area contributed by atoms with Crippen molar-refractivity contribution in [3.8, 4) is 0 Å². The number of hydrogen-bond donors (Lipinski definition) is 3. The van der Waals surface area contributed by atoms with Gasteiger partial charge in [0.1, 0.15) is 24.2 Å². The monoisotopic (exact) mass is 619 g/mol. The number of rotatable bonds is 18. The van der Waals surface area contributed by atoms with Crippen LogP contribution in [0.1, 0.15) is 91.0 Å². The fourth-order valence-electron chi connectivity index (χ4n) is 4.70. The number of carbonyl (C=O) groups is 5. The molecule has 0 saturated heterocycles. The van der Waals surface area contributed by atoms with Crippen molar-refractivity contribution in [3.05, 3.63) is 35.9 Å². The van der Waals surface area contributed by atoms with Crippen LogP contribution in [0.3, 0.4) is 0 Å². The van der Waals surface area contributed by atoms with Crippen molar-refractivity contribution in [1.82, 2.24) is 16.0 Å². The highest BCUT2D eigenvalue weighted by Crippen LogP contribution is 2.21. The molecule has 1 fully saturated rings. The van der Waals surface area contributed by atoms with Gasteiger partial charge in [-0.3, -0.25) is 24.0 Å². The number of hydrogen-bond acceptors (Lipinski definition) is 8. The summed E-state index contributed by atoms with van der Waals surface area (Å²) in [5, 5.41) is 7.74. The van der Waals surface area contributed by atoms with Crippen LogP contribution in [0.4, 0.5) is 0 Å². The quantitative estimate of drug-likeness (QED) is 0.165. The van der Waals surface area contributed by atoms with E-state index in [1.54, 1.807) is 0 Å². The lowest BCUT2D eigenvalue weighted by molar-refractivity contribution is -0.152. The van der Waals surface area contributed by atoms with Crippen LogP contribution < -0.4 is 16.0 Å². The average Bonchev–Trinajstić information content (AvgIpc) is 2.99. The minimum absolute atomic E-state index is 0.176. The number of ether oxygens (including phenoxy) is 2. The van der Waals surface area contributed by atoms with Gasteiger partial charge < -0.3 is 25.4 Å². The Kier molecular flexibility index (Phi) is 17.0. The summed E-state index contributed by atoms with van der Waals surface area (Å²) in [6.07, 6.45) is 6.54. The van der Waals surface area contributed by atoms with E-state index in [4.69, 9.17) is 9.47 Å². The maximum atomic E-state index is 13.6. The van der Waals surface area contributed by atoms with E-state index in [2.05, 4.69) is 16.0 Å². The lowest BCUT2D eigenvalue weighted by Crippen LogP contribution is -2.58. The smallest absolute Gasteiger partial charge is 0.308 e. The van der Waals surface area contributed by atoms with Crippen molar-refractivity contribution in [1.29, 1.82) is 0 Å². The van der Waals surface area contributed by atoms with Gasteiger partial charge in [-0.2, -0.15) is 0 Å². The number of carbonyl (C=O) groups excluding carboxylic acids is 5. The maximum Gasteiger partial charge on any atom is 0.308 e. The van der Waals surface area contributed by atoms with Gasteiger partial charge in [-0.15, -0.1) is 0 Å². The summed E-state index contributed by atoms with van der Waals surface area (Å²) in [5.74, 6) is -1.74. The molecule has 3 amide bonds. The molecule has 0 bridgehead atoms. The van der Waals surface area contributed by atoms with Gasteiger partial charge in [0.2, 0.25) is 22.8 Å². The Morgan fingerprint density at radius 3 is 2.23 bits per heavy atom. The predicted octanol–water partition coefficient (Wildman–Crippen LogP) is 4.05. The molecular formula is C32H49N3O7S. The van der Waals surface area contributed by atoms with Gasteiger partial charge in [-0.1, -0.05) is 82.1 Å². The van der Waals surface area contributed by atoms with E-state index in [9.17, 15) is 24.0 Å². The highest BCUT2D eigenvalue weighted by atomic mass is 32.2. The molecule has 10 nitrogen and oxygen atoms in total. The van der Waals surface area contributed by atoms with E-state index in [1.165, 1.54) is 6.92 Å². The summed E-state index contributed by atoms with van der Waals surface area (Å²) >= 11 is 1.07. The Balaban J connectivity index is 2.20. The summed E-state index contributed by atoms with van der Waals surface area (Å²) in [4.78, 5) is 64.8. The van der Waals surface area contributed by atoms with E-state index in [0.717, 1.165) is 62.3 Å². The Hall–Kier alpha value is -2.92. The third kappa shape index (κ3) is 13.9. The fraction of sp³-hybridized carbons (Fsp3) is 0.656. The Morgan fingerprint density at radius 2 is 1.60 bits per heavy atom. The van der Waals surface area contributed by atoms with Crippen molar-refractivity contribution in [2.24, 2.45) is 5.92 Å². The topological polar surface area (TPSA) is 140 Å². The van der Waals surface area contributed by atoms with E-state index >= 15 is 0 Å². The third-order valence-electron chi connectivity index (χ3n) is 7.45. The molecule has 0 aliphatic heterocycles. The molecule has 43 heavy (non-hydrogen) atoms. The zero-order valence-electron chi connectivity index (χ0n) is 26.0. The van der Waals surface area contributed by atoms with Crippen molar-refractivity contribution < 1.29 is 33.4 Å². The lowest BCUT2D eigenvalue weighted by atomic mass is 9.98. The molecule has 1 aromatic carbocycles. The van der Waals surface area contributed by atoms with E-state index in [0.29, 0.717) is 12.2 Å². The van der Waals surface area contributed by atoms with Gasteiger partial charge >= 0.3 is 5.97 Å². The Bertz CT molecular complexity index is 1030. The summed E-state index contributed by atoms with van der Waals surface area (Å²) in [6, 6.07) is 6.21. The molecule has 0 spiro atoms. The predicted molar refractivity (Wildman–Crippen MR) is 167 cm³/mol. The zero-order chi connectivity index (χ0) is 31.6. The molecular weight excluding hydrogens is 570 g/mol. The molecule has 0 unspecified atom stereocenters. The summed E-state index contributed by atoms with van der Waals surface area (Å²) < 4.78 is 11.4. The fourth-order valence-corrected chi connectivity index (χ4v) is 5.68. The standard InChI is InChI=1S/C32H49N3O7S/c1-5-7-18-43-32(40)26(19-28(37)42-25-16-12-9-13-17-25)34-30(38)27(21-41-20-24-14-10-8-11-15-24)35-31(39)29(22(3)6-2)33-23(4)36/h8,10-11,14-15,22,25-27,29H,5-7,9,12-13,16-21H2,1-4H3,(H,33,36)(H,34,38)(H,35,39)/t22-,26-,27-,29-/m0/s1. The normalized spacial score (nSPS) is 16.3. The first-order valence-corrected chi connectivity index (χ1v) is 16.5. The molecule has 1 aliphatic rings. The molecule has 1 saturated carbocycles. The summed E-state index contributed by atoms with van der Waals surface area (Å²) in [6.45, 7) is 7.09. The van der Waals surface area contributed by atoms with Crippen LogP contribution >= 0.6 is 11.8 Å². The molecule has 240 valence electrons. The molecule has 1 aliphatic carbocycles. The molecule has 4 atom stereocenters. The summed E-state index contributed by atoms with van der Waals surface area (Å²) in [7, 11) is 0. The van der Waals surface area contributed by atoms with Crippen molar-refractivity contribution >= 4 is 40.6 Å². The average molecular weight is 620 g/mol. The number of thioether (sulfide) groups is 1. The van der Waals surface area contributed by atoms with Gasteiger partial charge in [0.25, 0.3) is 0 Å². The zero-order valence-corrected chi connectivity index (χ0v) is 26.8. The van der Waals surface area contributed by atoms with Gasteiger partial charge in [-0.05, 0) is 43.6 Å². The second-order valence-electron chi connectivity index (χ2n) is 11.2. The number of benzene rings is 1. The second-order valence-corrected chi connectivity index (χ2v) is 12.3. The van der Waals surface area contributed by atoms with Gasteiger partial charge in [0, 0.05) is 12.7 Å². The first kappa shape index (κ1) is 36.3. The first-order valence-electron chi connectivity index (χ1n) is 15.5. The first-order chi connectivity index (χ1) is 20.6. The van der Waals surface area contributed by atoms with Crippen LogP contribution in [-0.2, 0) is 40.1 Å². The lowest BCUT2D eigenvalue weighted by Gasteiger charge is -2.27. The van der Waals surface area contributed by atoms with E-state index in [1.807, 2.05) is 51.1 Å². The van der Waals surface area contributed by atoms with Gasteiger partial charge in [0.15, 0.2) is 0 Å². The molecule has 3 N–H and O–H groups in total.